The van der Waals surface area contributed by atoms with E-state index in [1.165, 1.54) is 17.6 Å². The quantitative estimate of drug-likeness (QED) is 0.858. The van der Waals surface area contributed by atoms with Crippen molar-refractivity contribution < 1.29 is 12.8 Å². The Labute approximate surface area is 103 Å². The van der Waals surface area contributed by atoms with Gasteiger partial charge in [0, 0.05) is 11.4 Å². The van der Waals surface area contributed by atoms with Crippen LogP contribution in [0.1, 0.15) is 10.6 Å². The van der Waals surface area contributed by atoms with Gasteiger partial charge in [0.2, 0.25) is 10.0 Å². The summed E-state index contributed by atoms with van der Waals surface area (Å²) in [5.41, 5.74) is 5.48. The molecule has 0 aliphatic rings. The Morgan fingerprint density at radius 2 is 2.24 bits per heavy atom. The van der Waals surface area contributed by atoms with E-state index in [1.807, 2.05) is 0 Å². The summed E-state index contributed by atoms with van der Waals surface area (Å²) in [6.45, 7) is 0.351. The van der Waals surface area contributed by atoms with Crippen LogP contribution in [-0.4, -0.2) is 8.42 Å². The monoisotopic (exact) mass is 272 g/mol. The molecule has 2 aromatic rings. The highest BCUT2D eigenvalue weighted by molar-refractivity contribution is 7.89. The Balaban J connectivity index is 2.14. The van der Waals surface area contributed by atoms with Crippen molar-refractivity contribution in [3.63, 3.8) is 0 Å². The minimum Gasteiger partial charge on any atom is -0.468 e. The number of hydrogen-bond donors (Lipinski definition) is 2. The van der Waals surface area contributed by atoms with Gasteiger partial charge in [0.1, 0.15) is 5.76 Å². The SMILES string of the molecule is NCc1sccc1S(=O)(=O)NCc1ccco1. The molecular formula is C10H12N2O3S2. The van der Waals surface area contributed by atoms with E-state index in [9.17, 15) is 8.42 Å². The van der Waals surface area contributed by atoms with E-state index < -0.39 is 10.0 Å². The molecule has 0 saturated carbocycles. The normalized spacial score (nSPS) is 11.8. The smallest absolute Gasteiger partial charge is 0.242 e. The van der Waals surface area contributed by atoms with Crippen LogP contribution in [0.3, 0.4) is 0 Å². The van der Waals surface area contributed by atoms with Crippen molar-refractivity contribution in [1.82, 2.24) is 4.72 Å². The molecule has 0 saturated heterocycles. The van der Waals surface area contributed by atoms with Crippen LogP contribution in [0.5, 0.6) is 0 Å². The predicted octanol–water partition coefficient (Wildman–Crippen LogP) is 1.28. The van der Waals surface area contributed by atoms with E-state index in [2.05, 4.69) is 4.72 Å². The van der Waals surface area contributed by atoms with Crippen LogP contribution in [0, 0.1) is 0 Å². The summed E-state index contributed by atoms with van der Waals surface area (Å²) in [5, 5.41) is 1.71. The number of hydrogen-bond acceptors (Lipinski definition) is 5. The molecule has 17 heavy (non-hydrogen) atoms. The fraction of sp³-hybridized carbons (Fsp3) is 0.200. The van der Waals surface area contributed by atoms with Crippen molar-refractivity contribution in [2.24, 2.45) is 5.73 Å². The molecule has 3 N–H and O–H groups in total. The van der Waals surface area contributed by atoms with Gasteiger partial charge in [0.05, 0.1) is 17.7 Å². The van der Waals surface area contributed by atoms with Crippen molar-refractivity contribution >= 4 is 21.4 Å². The summed E-state index contributed by atoms with van der Waals surface area (Å²) >= 11 is 1.33. The van der Waals surface area contributed by atoms with E-state index in [0.717, 1.165) is 0 Å². The van der Waals surface area contributed by atoms with Crippen molar-refractivity contribution in [1.29, 1.82) is 0 Å². The van der Waals surface area contributed by atoms with Crippen LogP contribution in [0.4, 0.5) is 0 Å². The fourth-order valence-corrected chi connectivity index (χ4v) is 3.70. The lowest BCUT2D eigenvalue weighted by Crippen LogP contribution is -2.23. The Kier molecular flexibility index (Phi) is 3.63. The third-order valence-corrected chi connectivity index (χ3v) is 4.75. The Bertz CT molecular complexity index is 572. The highest BCUT2D eigenvalue weighted by atomic mass is 32.2. The second-order valence-corrected chi connectivity index (χ2v) is 6.05. The molecule has 0 bridgehead atoms. The van der Waals surface area contributed by atoms with Crippen LogP contribution in [0.25, 0.3) is 0 Å². The van der Waals surface area contributed by atoms with Gasteiger partial charge in [-0.1, -0.05) is 0 Å². The van der Waals surface area contributed by atoms with Gasteiger partial charge in [-0.15, -0.1) is 11.3 Å². The average Bonchev–Trinajstić information content (AvgIpc) is 2.97. The molecule has 0 amide bonds. The summed E-state index contributed by atoms with van der Waals surface area (Å²) in [6.07, 6.45) is 1.50. The van der Waals surface area contributed by atoms with Crippen LogP contribution >= 0.6 is 11.3 Å². The first-order valence-corrected chi connectivity index (χ1v) is 7.28. The number of nitrogens with two attached hydrogens (primary N) is 1. The van der Waals surface area contributed by atoms with E-state index in [-0.39, 0.29) is 18.0 Å². The summed E-state index contributed by atoms with van der Waals surface area (Å²) in [4.78, 5) is 0.897. The zero-order valence-corrected chi connectivity index (χ0v) is 10.6. The van der Waals surface area contributed by atoms with Gasteiger partial charge < -0.3 is 10.2 Å². The Morgan fingerprint density at radius 3 is 2.88 bits per heavy atom. The number of furan rings is 1. The van der Waals surface area contributed by atoms with Crippen molar-refractivity contribution in [3.05, 3.63) is 40.5 Å². The first-order valence-electron chi connectivity index (χ1n) is 4.92. The number of sulfonamides is 1. The molecule has 2 aromatic heterocycles. The summed E-state index contributed by atoms with van der Waals surface area (Å²) in [6, 6.07) is 4.97. The standard InChI is InChI=1S/C10H12N2O3S2/c11-6-9-10(3-5-16-9)17(13,14)12-7-8-2-1-4-15-8/h1-5,12H,6-7,11H2. The van der Waals surface area contributed by atoms with Crippen molar-refractivity contribution in [2.45, 2.75) is 18.0 Å². The molecular weight excluding hydrogens is 260 g/mol. The zero-order chi connectivity index (χ0) is 12.3. The molecule has 0 spiro atoms. The maximum Gasteiger partial charge on any atom is 0.242 e. The van der Waals surface area contributed by atoms with Gasteiger partial charge in [0.25, 0.3) is 0 Å². The van der Waals surface area contributed by atoms with Gasteiger partial charge in [-0.3, -0.25) is 0 Å². The van der Waals surface area contributed by atoms with Gasteiger partial charge in [-0.05, 0) is 23.6 Å². The predicted molar refractivity (Wildman–Crippen MR) is 64.9 cm³/mol. The molecule has 0 fully saturated rings. The molecule has 0 aliphatic heterocycles. The van der Waals surface area contributed by atoms with Gasteiger partial charge in [0.15, 0.2) is 0 Å². The molecule has 0 aliphatic carbocycles. The topological polar surface area (TPSA) is 85.3 Å². The highest BCUT2D eigenvalue weighted by Crippen LogP contribution is 2.21. The maximum absolute atomic E-state index is 12.0. The third-order valence-electron chi connectivity index (χ3n) is 2.20. The second-order valence-electron chi connectivity index (χ2n) is 3.32. The summed E-state index contributed by atoms with van der Waals surface area (Å²) < 4.78 is 31.5. The van der Waals surface area contributed by atoms with Crippen LogP contribution in [0.2, 0.25) is 0 Å². The number of nitrogens with one attached hydrogen (secondary N) is 1. The summed E-state index contributed by atoms with van der Waals surface area (Å²) in [7, 11) is -3.52. The largest absolute Gasteiger partial charge is 0.468 e. The number of thiophene rings is 1. The maximum atomic E-state index is 12.0. The third kappa shape index (κ3) is 2.75. The molecule has 0 radical (unpaired) electrons. The van der Waals surface area contributed by atoms with Crippen molar-refractivity contribution in [3.8, 4) is 0 Å². The lowest BCUT2D eigenvalue weighted by Gasteiger charge is -2.05. The van der Waals surface area contributed by atoms with Gasteiger partial charge >= 0.3 is 0 Å². The van der Waals surface area contributed by atoms with Crippen LogP contribution in [0.15, 0.2) is 39.2 Å². The van der Waals surface area contributed by atoms with Crippen molar-refractivity contribution in [2.75, 3.05) is 0 Å². The van der Waals surface area contributed by atoms with Crippen LogP contribution < -0.4 is 10.5 Å². The van der Waals surface area contributed by atoms with E-state index in [0.29, 0.717) is 10.6 Å². The Morgan fingerprint density at radius 1 is 1.41 bits per heavy atom. The van der Waals surface area contributed by atoms with E-state index in [1.54, 1.807) is 23.6 Å². The average molecular weight is 272 g/mol. The number of rotatable bonds is 5. The van der Waals surface area contributed by atoms with E-state index >= 15 is 0 Å². The lowest BCUT2D eigenvalue weighted by atomic mass is 10.5. The van der Waals surface area contributed by atoms with Gasteiger partial charge in [-0.25, -0.2) is 13.1 Å². The molecule has 0 unspecified atom stereocenters. The molecule has 5 nitrogen and oxygen atoms in total. The Hall–Kier alpha value is -1.15. The molecule has 7 heteroatoms. The first kappa shape index (κ1) is 12.3. The van der Waals surface area contributed by atoms with Crippen LogP contribution in [-0.2, 0) is 23.1 Å². The molecule has 92 valence electrons. The lowest BCUT2D eigenvalue weighted by molar-refractivity contribution is 0.498. The molecule has 0 atom stereocenters. The van der Waals surface area contributed by atoms with E-state index in [4.69, 9.17) is 10.2 Å². The molecule has 0 aromatic carbocycles. The van der Waals surface area contributed by atoms with Gasteiger partial charge in [-0.2, -0.15) is 0 Å². The minimum absolute atomic E-state index is 0.134. The zero-order valence-electron chi connectivity index (χ0n) is 8.92. The molecule has 2 heterocycles. The highest BCUT2D eigenvalue weighted by Gasteiger charge is 2.18. The fourth-order valence-electron chi connectivity index (χ4n) is 1.37. The molecule has 2 rings (SSSR count). The second kappa shape index (κ2) is 5.01. The first-order chi connectivity index (χ1) is 8.13. The summed E-state index contributed by atoms with van der Waals surface area (Å²) in [5.74, 6) is 0.568. The minimum atomic E-state index is -3.52.